The molecule has 2 N–H and O–H groups in total. The molecule has 0 unspecified atom stereocenters. The van der Waals surface area contributed by atoms with Gasteiger partial charge >= 0.3 is 0 Å². The molecule has 2 aromatic rings. The average Bonchev–Trinajstić information content (AvgIpc) is 2.80. The summed E-state index contributed by atoms with van der Waals surface area (Å²) in [5.41, 5.74) is 1.53. The Morgan fingerprint density at radius 2 is 1.81 bits per heavy atom. The zero-order valence-corrected chi connectivity index (χ0v) is 11.6. The molecule has 0 bridgehead atoms. The summed E-state index contributed by atoms with van der Waals surface area (Å²) < 4.78 is 0. The molecule has 6 nitrogen and oxygen atoms in total. The van der Waals surface area contributed by atoms with Crippen molar-refractivity contribution in [3.8, 4) is 0 Å². The number of carbonyl (C=O) groups is 2. The smallest absolute Gasteiger partial charge is 0.271 e. The van der Waals surface area contributed by atoms with Crippen molar-refractivity contribution in [3.63, 3.8) is 0 Å². The molecule has 3 rings (SSSR count). The van der Waals surface area contributed by atoms with E-state index in [-0.39, 0.29) is 16.9 Å². The molecule has 1 aliphatic heterocycles. The number of fused-ring (bicyclic) bond motifs is 1. The molecule has 6 heteroatoms. The van der Waals surface area contributed by atoms with Gasteiger partial charge < -0.3 is 10.00 Å². The number of anilines is 1. The fraction of sp³-hybridized carbons (Fsp3) is 0.133. The van der Waals surface area contributed by atoms with Gasteiger partial charge in [-0.3, -0.25) is 19.5 Å². The number of carbonyl (C=O) groups excluding carboxylic acids is 2. The van der Waals surface area contributed by atoms with Crippen molar-refractivity contribution in [3.05, 3.63) is 57.0 Å². The maximum absolute atomic E-state index is 12.5. The molecule has 0 spiro atoms. The Balaban J connectivity index is 2.20. The highest BCUT2D eigenvalue weighted by molar-refractivity contribution is 6.36. The summed E-state index contributed by atoms with van der Waals surface area (Å²) in [7, 11) is 1.61. The third-order valence-electron chi connectivity index (χ3n) is 3.59. The van der Waals surface area contributed by atoms with Crippen LogP contribution in [-0.2, 0) is 4.79 Å². The fourth-order valence-electron chi connectivity index (χ4n) is 2.39. The number of Topliss-reactive ketones (excluding diaryl/α,β-unsaturated/α-hetero) is 1. The molecule has 0 fully saturated rings. The van der Waals surface area contributed by atoms with Gasteiger partial charge in [0.2, 0.25) is 5.78 Å². The third-order valence-corrected chi connectivity index (χ3v) is 3.59. The molecule has 0 saturated heterocycles. The highest BCUT2D eigenvalue weighted by Gasteiger charge is 2.32. The summed E-state index contributed by atoms with van der Waals surface area (Å²) in [6.07, 6.45) is 1.35. The van der Waals surface area contributed by atoms with Gasteiger partial charge in [-0.1, -0.05) is 12.1 Å². The minimum absolute atomic E-state index is 0.00981. The first kappa shape index (κ1) is 13.1. The predicted molar refractivity (Wildman–Crippen MR) is 78.3 cm³/mol. The molecule has 0 radical (unpaired) electrons. The van der Waals surface area contributed by atoms with Crippen LogP contribution in [0.2, 0.25) is 0 Å². The van der Waals surface area contributed by atoms with Crippen LogP contribution in [0, 0.1) is 6.92 Å². The first-order chi connectivity index (χ1) is 10.0. The number of ketones is 1. The lowest BCUT2D eigenvalue weighted by atomic mass is 9.94. The SMILES string of the molecule is Cc1[nH][nH]c(=O)c1C=C1C(=O)c2ccccc2N(C)C1=O. The van der Waals surface area contributed by atoms with Crippen LogP contribution in [0.5, 0.6) is 0 Å². The Bertz CT molecular complexity index is 842. The Hall–Kier alpha value is -2.89. The summed E-state index contributed by atoms with van der Waals surface area (Å²) in [5, 5.41) is 5.09. The number of nitrogens with one attached hydrogen (secondary N) is 2. The van der Waals surface area contributed by atoms with Crippen LogP contribution in [0.15, 0.2) is 34.6 Å². The minimum atomic E-state index is -0.418. The number of aryl methyl sites for hydroxylation is 1. The van der Waals surface area contributed by atoms with E-state index in [0.29, 0.717) is 22.5 Å². The van der Waals surface area contributed by atoms with E-state index in [1.807, 2.05) is 0 Å². The highest BCUT2D eigenvalue weighted by Crippen LogP contribution is 2.29. The Labute approximate surface area is 120 Å². The van der Waals surface area contributed by atoms with E-state index < -0.39 is 5.91 Å². The number of benzene rings is 1. The number of amides is 1. The zero-order valence-electron chi connectivity index (χ0n) is 11.6. The van der Waals surface area contributed by atoms with Crippen molar-refractivity contribution in [2.75, 3.05) is 11.9 Å². The van der Waals surface area contributed by atoms with Crippen molar-refractivity contribution in [1.82, 2.24) is 10.2 Å². The number of hydrogen-bond acceptors (Lipinski definition) is 3. The van der Waals surface area contributed by atoms with Gasteiger partial charge in [0.1, 0.15) is 0 Å². The Morgan fingerprint density at radius 3 is 2.48 bits per heavy atom. The second-order valence-electron chi connectivity index (χ2n) is 4.89. The van der Waals surface area contributed by atoms with E-state index in [1.165, 1.54) is 11.0 Å². The van der Waals surface area contributed by atoms with E-state index in [9.17, 15) is 14.4 Å². The number of aromatic nitrogens is 2. The molecule has 0 aliphatic carbocycles. The fourth-order valence-corrected chi connectivity index (χ4v) is 2.39. The molecule has 2 heterocycles. The van der Waals surface area contributed by atoms with Gasteiger partial charge in [-0.25, -0.2) is 0 Å². The first-order valence-electron chi connectivity index (χ1n) is 6.41. The van der Waals surface area contributed by atoms with Crippen molar-refractivity contribution < 1.29 is 9.59 Å². The van der Waals surface area contributed by atoms with E-state index in [4.69, 9.17) is 0 Å². The molecule has 1 aromatic carbocycles. The molecule has 0 atom stereocenters. The van der Waals surface area contributed by atoms with Crippen LogP contribution < -0.4 is 10.5 Å². The van der Waals surface area contributed by atoms with Crippen molar-refractivity contribution in [1.29, 1.82) is 0 Å². The number of likely N-dealkylation sites (N-methyl/N-ethyl adjacent to an activating group) is 1. The number of rotatable bonds is 1. The number of aromatic amines is 2. The summed E-state index contributed by atoms with van der Waals surface area (Å²) in [6.45, 7) is 1.69. The minimum Gasteiger partial charge on any atom is -0.311 e. The van der Waals surface area contributed by atoms with E-state index >= 15 is 0 Å². The van der Waals surface area contributed by atoms with Crippen LogP contribution in [0.25, 0.3) is 6.08 Å². The lowest BCUT2D eigenvalue weighted by Crippen LogP contribution is -2.36. The van der Waals surface area contributed by atoms with E-state index in [1.54, 1.807) is 38.2 Å². The van der Waals surface area contributed by atoms with Crippen LogP contribution in [0.1, 0.15) is 21.6 Å². The largest absolute Gasteiger partial charge is 0.311 e. The van der Waals surface area contributed by atoms with Gasteiger partial charge in [0.05, 0.1) is 16.8 Å². The summed E-state index contributed by atoms with van der Waals surface area (Å²) in [5.74, 6) is -0.785. The normalized spacial score (nSPS) is 16.5. The molecule has 106 valence electrons. The van der Waals surface area contributed by atoms with Crippen LogP contribution >= 0.6 is 0 Å². The highest BCUT2D eigenvalue weighted by atomic mass is 16.2. The quantitative estimate of drug-likeness (QED) is 0.610. The lowest BCUT2D eigenvalue weighted by molar-refractivity contribution is -0.114. The van der Waals surface area contributed by atoms with Crippen LogP contribution in [0.4, 0.5) is 5.69 Å². The maximum Gasteiger partial charge on any atom is 0.271 e. The molecule has 21 heavy (non-hydrogen) atoms. The summed E-state index contributed by atoms with van der Waals surface area (Å²) in [4.78, 5) is 37.9. The monoisotopic (exact) mass is 283 g/mol. The Kier molecular flexibility index (Phi) is 2.86. The second kappa shape index (κ2) is 4.59. The molecule has 1 aliphatic rings. The van der Waals surface area contributed by atoms with Gasteiger partial charge in [-0.05, 0) is 25.1 Å². The van der Waals surface area contributed by atoms with Gasteiger partial charge in [0.15, 0.2) is 0 Å². The van der Waals surface area contributed by atoms with Gasteiger partial charge in [-0.15, -0.1) is 0 Å². The van der Waals surface area contributed by atoms with E-state index in [0.717, 1.165) is 0 Å². The zero-order chi connectivity index (χ0) is 15.1. The van der Waals surface area contributed by atoms with Gasteiger partial charge in [0.25, 0.3) is 11.5 Å². The first-order valence-corrected chi connectivity index (χ1v) is 6.41. The summed E-state index contributed by atoms with van der Waals surface area (Å²) >= 11 is 0. The van der Waals surface area contributed by atoms with Gasteiger partial charge in [-0.2, -0.15) is 0 Å². The average molecular weight is 283 g/mol. The number of H-pyrrole nitrogens is 2. The van der Waals surface area contributed by atoms with Crippen molar-refractivity contribution in [2.24, 2.45) is 0 Å². The van der Waals surface area contributed by atoms with Gasteiger partial charge in [0, 0.05) is 18.3 Å². The van der Waals surface area contributed by atoms with Crippen LogP contribution in [0.3, 0.4) is 0 Å². The standard InChI is InChI=1S/C15H13N3O3/c1-8-10(14(20)17-16-8)7-11-13(19)9-5-3-4-6-12(9)18(2)15(11)21/h3-7H,1-2H3,(H2,16,17,20). The number of hydrogen-bond donors (Lipinski definition) is 2. The molecular weight excluding hydrogens is 270 g/mol. The number of nitrogens with zero attached hydrogens (tertiary/aromatic N) is 1. The molecule has 0 saturated carbocycles. The van der Waals surface area contributed by atoms with E-state index in [2.05, 4.69) is 10.2 Å². The predicted octanol–water partition coefficient (Wildman–Crippen LogP) is 1.25. The van der Waals surface area contributed by atoms with Crippen molar-refractivity contribution in [2.45, 2.75) is 6.92 Å². The molecular formula is C15H13N3O3. The lowest BCUT2D eigenvalue weighted by Gasteiger charge is -2.26. The van der Waals surface area contributed by atoms with Crippen LogP contribution in [-0.4, -0.2) is 28.9 Å². The van der Waals surface area contributed by atoms with Crippen molar-refractivity contribution >= 4 is 23.5 Å². The summed E-state index contributed by atoms with van der Waals surface area (Å²) in [6, 6.07) is 6.90. The second-order valence-corrected chi connectivity index (χ2v) is 4.89. The Morgan fingerprint density at radius 1 is 1.10 bits per heavy atom. The maximum atomic E-state index is 12.5. The molecule has 1 aromatic heterocycles. The topological polar surface area (TPSA) is 86.0 Å². The number of para-hydroxylation sites is 1. The molecule has 1 amide bonds. The third kappa shape index (κ3) is 1.92.